The summed E-state index contributed by atoms with van der Waals surface area (Å²) < 4.78 is 1.59. The van der Waals surface area contributed by atoms with Crippen LogP contribution in [0.1, 0.15) is 39.8 Å². The van der Waals surface area contributed by atoms with Crippen molar-refractivity contribution >= 4 is 11.8 Å². The SMILES string of the molecule is CC(C)CC1C(=O)NC(C)(C)C(=O)N1Cc1cn(C)nn1. The fourth-order valence-electron chi connectivity index (χ4n) is 2.59. The lowest BCUT2D eigenvalue weighted by atomic mass is 9.92. The molecule has 1 unspecified atom stereocenters. The number of amides is 2. The number of hydrogen-bond acceptors (Lipinski definition) is 4. The van der Waals surface area contributed by atoms with Crippen LogP contribution in [0.2, 0.25) is 0 Å². The van der Waals surface area contributed by atoms with Gasteiger partial charge in [-0.05, 0) is 26.2 Å². The minimum absolute atomic E-state index is 0.0848. The van der Waals surface area contributed by atoms with Crippen LogP contribution in [-0.4, -0.2) is 43.3 Å². The highest BCUT2D eigenvalue weighted by Gasteiger charge is 2.45. The van der Waals surface area contributed by atoms with Gasteiger partial charge in [-0.3, -0.25) is 14.3 Å². The highest BCUT2D eigenvalue weighted by atomic mass is 16.2. The lowest BCUT2D eigenvalue weighted by Crippen LogP contribution is -2.67. The van der Waals surface area contributed by atoms with Crippen LogP contribution in [0.3, 0.4) is 0 Å². The van der Waals surface area contributed by atoms with Crippen molar-refractivity contribution in [1.29, 1.82) is 0 Å². The van der Waals surface area contributed by atoms with E-state index in [1.165, 1.54) is 0 Å². The van der Waals surface area contributed by atoms with Crippen molar-refractivity contribution in [2.45, 2.75) is 52.2 Å². The second-order valence-corrected chi connectivity index (χ2v) is 6.58. The van der Waals surface area contributed by atoms with Crippen molar-refractivity contribution in [3.8, 4) is 0 Å². The largest absolute Gasteiger partial charge is 0.340 e. The predicted molar refractivity (Wildman–Crippen MR) is 77.0 cm³/mol. The van der Waals surface area contributed by atoms with E-state index in [0.717, 1.165) is 0 Å². The predicted octanol–water partition coefficient (Wildman–Crippen LogP) is 0.467. The Balaban J connectivity index is 2.28. The summed E-state index contributed by atoms with van der Waals surface area (Å²) in [7, 11) is 1.77. The third kappa shape index (κ3) is 3.22. The molecule has 1 aliphatic rings. The van der Waals surface area contributed by atoms with Crippen LogP contribution >= 0.6 is 0 Å². The van der Waals surface area contributed by atoms with Gasteiger partial charge in [-0.2, -0.15) is 0 Å². The zero-order valence-corrected chi connectivity index (χ0v) is 13.3. The maximum atomic E-state index is 12.7. The highest BCUT2D eigenvalue weighted by molar-refractivity contribution is 5.99. The van der Waals surface area contributed by atoms with Gasteiger partial charge in [-0.1, -0.05) is 19.1 Å². The van der Waals surface area contributed by atoms with Crippen LogP contribution in [0.15, 0.2) is 6.20 Å². The molecule has 2 rings (SSSR count). The molecule has 0 aliphatic carbocycles. The Morgan fingerprint density at radius 1 is 1.38 bits per heavy atom. The Kier molecular flexibility index (Phi) is 4.02. The fraction of sp³-hybridized carbons (Fsp3) is 0.714. The highest BCUT2D eigenvalue weighted by Crippen LogP contribution is 2.24. The summed E-state index contributed by atoms with van der Waals surface area (Å²) in [6, 6.07) is -0.451. The van der Waals surface area contributed by atoms with Crippen LogP contribution in [0.25, 0.3) is 0 Å². The summed E-state index contributed by atoms with van der Waals surface area (Å²) in [5.74, 6) is 0.134. The molecule has 2 heterocycles. The number of rotatable bonds is 4. The zero-order chi connectivity index (χ0) is 15.8. The Morgan fingerprint density at radius 3 is 2.57 bits per heavy atom. The molecule has 1 saturated heterocycles. The Hall–Kier alpha value is -1.92. The van der Waals surface area contributed by atoms with E-state index in [-0.39, 0.29) is 11.8 Å². The van der Waals surface area contributed by atoms with Gasteiger partial charge in [0.25, 0.3) is 0 Å². The first-order valence-corrected chi connectivity index (χ1v) is 7.19. The van der Waals surface area contributed by atoms with Gasteiger partial charge in [0.05, 0.1) is 6.54 Å². The molecule has 1 aliphatic heterocycles. The number of aryl methyl sites for hydroxylation is 1. The molecule has 7 heteroatoms. The van der Waals surface area contributed by atoms with E-state index >= 15 is 0 Å². The number of piperazine rings is 1. The molecular formula is C14H23N5O2. The van der Waals surface area contributed by atoms with Crippen molar-refractivity contribution in [2.24, 2.45) is 13.0 Å². The first-order chi connectivity index (χ1) is 9.70. The van der Waals surface area contributed by atoms with Crippen LogP contribution in [0, 0.1) is 5.92 Å². The van der Waals surface area contributed by atoms with E-state index < -0.39 is 11.6 Å². The lowest BCUT2D eigenvalue weighted by Gasteiger charge is -2.43. The zero-order valence-electron chi connectivity index (χ0n) is 13.3. The molecule has 0 aromatic carbocycles. The molecule has 1 fully saturated rings. The normalized spacial score (nSPS) is 21.8. The van der Waals surface area contributed by atoms with Gasteiger partial charge < -0.3 is 10.2 Å². The molecule has 1 aromatic rings. The summed E-state index contributed by atoms with van der Waals surface area (Å²) >= 11 is 0. The van der Waals surface area contributed by atoms with E-state index in [2.05, 4.69) is 15.6 Å². The van der Waals surface area contributed by atoms with Crippen molar-refractivity contribution in [2.75, 3.05) is 0 Å². The van der Waals surface area contributed by atoms with Crippen LogP contribution in [0.5, 0.6) is 0 Å². The molecular weight excluding hydrogens is 270 g/mol. The number of hydrogen-bond donors (Lipinski definition) is 1. The molecule has 1 atom stereocenters. The summed E-state index contributed by atoms with van der Waals surface area (Å²) in [5, 5.41) is 10.7. The van der Waals surface area contributed by atoms with Crippen molar-refractivity contribution in [1.82, 2.24) is 25.2 Å². The van der Waals surface area contributed by atoms with Crippen LogP contribution < -0.4 is 5.32 Å². The van der Waals surface area contributed by atoms with Crippen molar-refractivity contribution in [3.05, 3.63) is 11.9 Å². The summed E-state index contributed by atoms with van der Waals surface area (Å²) in [5.41, 5.74) is -0.197. The van der Waals surface area contributed by atoms with Crippen molar-refractivity contribution < 1.29 is 9.59 Å². The van der Waals surface area contributed by atoms with Gasteiger partial charge >= 0.3 is 0 Å². The standard InChI is InChI=1S/C14H23N5O2/c1-9(2)6-11-12(20)15-14(3,4)13(21)19(11)8-10-7-18(5)17-16-10/h7,9,11H,6,8H2,1-5H3,(H,15,20). The Morgan fingerprint density at radius 2 is 2.05 bits per heavy atom. The topological polar surface area (TPSA) is 80.1 Å². The van der Waals surface area contributed by atoms with Gasteiger partial charge in [0, 0.05) is 13.2 Å². The lowest BCUT2D eigenvalue weighted by molar-refractivity contribution is -0.155. The maximum absolute atomic E-state index is 12.7. The van der Waals surface area contributed by atoms with E-state index in [1.54, 1.807) is 36.7 Å². The molecule has 0 spiro atoms. The fourth-order valence-corrected chi connectivity index (χ4v) is 2.59. The van der Waals surface area contributed by atoms with Gasteiger partial charge in [-0.15, -0.1) is 5.10 Å². The first kappa shape index (κ1) is 15.5. The first-order valence-electron chi connectivity index (χ1n) is 7.19. The minimum atomic E-state index is -0.882. The monoisotopic (exact) mass is 293 g/mol. The summed E-state index contributed by atoms with van der Waals surface area (Å²) in [4.78, 5) is 26.6. The van der Waals surface area contributed by atoms with Gasteiger partial charge in [0.15, 0.2) is 0 Å². The molecule has 21 heavy (non-hydrogen) atoms. The molecule has 2 amide bonds. The van der Waals surface area contributed by atoms with Crippen molar-refractivity contribution in [3.63, 3.8) is 0 Å². The molecule has 1 aromatic heterocycles. The number of carbonyl (C=O) groups is 2. The van der Waals surface area contributed by atoms with E-state index in [4.69, 9.17) is 0 Å². The molecule has 116 valence electrons. The third-order valence-electron chi connectivity index (χ3n) is 3.59. The van der Waals surface area contributed by atoms with E-state index in [9.17, 15) is 9.59 Å². The van der Waals surface area contributed by atoms with Crippen LogP contribution in [0.4, 0.5) is 0 Å². The smallest absolute Gasteiger partial charge is 0.248 e. The average molecular weight is 293 g/mol. The van der Waals surface area contributed by atoms with E-state index in [1.807, 2.05) is 13.8 Å². The van der Waals surface area contributed by atoms with Crippen LogP contribution in [-0.2, 0) is 23.2 Å². The Bertz CT molecular complexity index is 549. The van der Waals surface area contributed by atoms with Gasteiger partial charge in [0.1, 0.15) is 17.3 Å². The summed E-state index contributed by atoms with van der Waals surface area (Å²) in [6.45, 7) is 7.84. The quantitative estimate of drug-likeness (QED) is 0.875. The second kappa shape index (κ2) is 5.46. The number of nitrogens with zero attached hydrogens (tertiary/aromatic N) is 4. The molecule has 0 radical (unpaired) electrons. The second-order valence-electron chi connectivity index (χ2n) is 6.58. The number of nitrogens with one attached hydrogen (secondary N) is 1. The van der Waals surface area contributed by atoms with Gasteiger partial charge in [0.2, 0.25) is 11.8 Å². The number of aromatic nitrogens is 3. The molecule has 0 saturated carbocycles. The molecule has 0 bridgehead atoms. The maximum Gasteiger partial charge on any atom is 0.248 e. The van der Waals surface area contributed by atoms with Gasteiger partial charge in [-0.25, -0.2) is 0 Å². The summed E-state index contributed by atoms with van der Waals surface area (Å²) in [6.07, 6.45) is 2.40. The van der Waals surface area contributed by atoms with E-state index in [0.29, 0.717) is 24.6 Å². The third-order valence-corrected chi connectivity index (χ3v) is 3.59. The molecule has 1 N–H and O–H groups in total. The number of carbonyl (C=O) groups excluding carboxylic acids is 2. The Labute approximate surface area is 124 Å². The molecule has 7 nitrogen and oxygen atoms in total. The average Bonchev–Trinajstić information content (AvgIpc) is 2.76. The minimum Gasteiger partial charge on any atom is -0.340 e.